The van der Waals surface area contributed by atoms with E-state index >= 15 is 0 Å². The smallest absolute Gasteiger partial charge is 0.118 e. The second kappa shape index (κ2) is 6.06. The molecule has 0 bridgehead atoms. The Balaban J connectivity index is 2.00. The van der Waals surface area contributed by atoms with Crippen LogP contribution in [0.5, 0.6) is 5.75 Å². The third-order valence-corrected chi connectivity index (χ3v) is 3.33. The number of nitriles is 1. The van der Waals surface area contributed by atoms with Crippen LogP contribution in [0, 0.1) is 11.3 Å². The van der Waals surface area contributed by atoms with Crippen molar-refractivity contribution in [1.82, 2.24) is 9.97 Å². The van der Waals surface area contributed by atoms with Crippen molar-refractivity contribution in [3.8, 4) is 34.3 Å². The second-order valence-corrected chi connectivity index (χ2v) is 4.70. The summed E-state index contributed by atoms with van der Waals surface area (Å²) in [6.07, 6.45) is 3.39. The lowest BCUT2D eigenvalue weighted by Crippen LogP contribution is -1.89. The molecule has 0 aliphatic rings. The molecule has 4 heteroatoms. The summed E-state index contributed by atoms with van der Waals surface area (Å²) in [5.41, 5.74) is 4.13. The van der Waals surface area contributed by atoms with Crippen molar-refractivity contribution in [3.63, 3.8) is 0 Å². The quantitative estimate of drug-likeness (QED) is 0.737. The van der Waals surface area contributed by atoms with Crippen molar-refractivity contribution in [2.45, 2.75) is 0 Å². The summed E-state index contributed by atoms with van der Waals surface area (Å²) in [6, 6.07) is 17.2. The topological polar surface area (TPSA) is 58.8 Å². The zero-order chi connectivity index (χ0) is 15.4. The van der Waals surface area contributed by atoms with E-state index in [1.807, 2.05) is 36.4 Å². The molecule has 0 aliphatic carbocycles. The summed E-state index contributed by atoms with van der Waals surface area (Å²) in [6.45, 7) is 0. The van der Waals surface area contributed by atoms with Gasteiger partial charge in [0.1, 0.15) is 5.75 Å². The summed E-state index contributed by atoms with van der Waals surface area (Å²) in [5, 5.41) is 8.99. The van der Waals surface area contributed by atoms with Gasteiger partial charge in [-0.05, 0) is 48.5 Å². The first kappa shape index (κ1) is 13.8. The van der Waals surface area contributed by atoms with E-state index in [1.165, 1.54) is 0 Å². The average molecular weight is 287 g/mol. The van der Waals surface area contributed by atoms with Gasteiger partial charge in [0.25, 0.3) is 0 Å². The summed E-state index contributed by atoms with van der Waals surface area (Å²) < 4.78 is 5.16. The fourth-order valence-corrected chi connectivity index (χ4v) is 2.17. The van der Waals surface area contributed by atoms with Gasteiger partial charge in [0.2, 0.25) is 0 Å². The molecule has 3 aromatic rings. The molecule has 3 rings (SSSR count). The van der Waals surface area contributed by atoms with Crippen molar-refractivity contribution in [2.24, 2.45) is 0 Å². The van der Waals surface area contributed by atoms with Crippen LogP contribution in [0.15, 0.2) is 60.9 Å². The molecule has 0 amide bonds. The molecule has 0 N–H and O–H groups in total. The van der Waals surface area contributed by atoms with Crippen LogP contribution >= 0.6 is 0 Å². The summed E-state index contributed by atoms with van der Waals surface area (Å²) in [7, 11) is 1.64. The van der Waals surface area contributed by atoms with Gasteiger partial charge in [-0.3, -0.25) is 9.97 Å². The fourth-order valence-electron chi connectivity index (χ4n) is 2.17. The zero-order valence-electron chi connectivity index (χ0n) is 12.0. The minimum atomic E-state index is 0.591. The molecule has 0 radical (unpaired) electrons. The van der Waals surface area contributed by atoms with Gasteiger partial charge in [-0.15, -0.1) is 0 Å². The largest absolute Gasteiger partial charge is 0.497 e. The number of methoxy groups -OCH3 is 1. The van der Waals surface area contributed by atoms with Gasteiger partial charge < -0.3 is 4.74 Å². The van der Waals surface area contributed by atoms with Gasteiger partial charge in [0, 0.05) is 23.5 Å². The molecule has 0 fully saturated rings. The molecule has 4 nitrogen and oxygen atoms in total. The van der Waals surface area contributed by atoms with E-state index in [1.54, 1.807) is 31.6 Å². The van der Waals surface area contributed by atoms with Gasteiger partial charge in [0.15, 0.2) is 0 Å². The van der Waals surface area contributed by atoms with Crippen molar-refractivity contribution in [3.05, 3.63) is 66.5 Å². The molecule has 22 heavy (non-hydrogen) atoms. The first-order valence-electron chi connectivity index (χ1n) is 6.77. The standard InChI is InChI=1S/C18H13N3O/c1-22-16-4-2-14(3-5-16)18-11-15(7-9-21-18)17-10-13(12-19)6-8-20-17/h2-11H,1H3. The fraction of sp³-hybridized carbons (Fsp3) is 0.0556. The Kier molecular flexibility index (Phi) is 3.80. The van der Waals surface area contributed by atoms with Crippen LogP contribution in [0.2, 0.25) is 0 Å². The number of aromatic nitrogens is 2. The van der Waals surface area contributed by atoms with Crippen molar-refractivity contribution in [1.29, 1.82) is 5.26 Å². The van der Waals surface area contributed by atoms with Crippen LogP contribution in [0.4, 0.5) is 0 Å². The average Bonchev–Trinajstić information content (AvgIpc) is 2.62. The van der Waals surface area contributed by atoms with E-state index in [-0.39, 0.29) is 0 Å². The molecular formula is C18H13N3O. The predicted molar refractivity (Wildman–Crippen MR) is 84.2 cm³/mol. The minimum Gasteiger partial charge on any atom is -0.497 e. The highest BCUT2D eigenvalue weighted by atomic mass is 16.5. The molecule has 0 aliphatic heterocycles. The number of rotatable bonds is 3. The highest BCUT2D eigenvalue weighted by Crippen LogP contribution is 2.25. The van der Waals surface area contributed by atoms with Gasteiger partial charge in [-0.1, -0.05) is 0 Å². The highest BCUT2D eigenvalue weighted by molar-refractivity contribution is 5.69. The van der Waals surface area contributed by atoms with Crippen LogP contribution < -0.4 is 4.74 Å². The summed E-state index contributed by atoms with van der Waals surface area (Å²) in [5.74, 6) is 0.809. The van der Waals surface area contributed by atoms with Gasteiger partial charge in [-0.25, -0.2) is 0 Å². The predicted octanol–water partition coefficient (Wildman–Crippen LogP) is 3.69. The molecule has 0 saturated carbocycles. The number of nitrogens with zero attached hydrogens (tertiary/aromatic N) is 3. The second-order valence-electron chi connectivity index (χ2n) is 4.70. The van der Waals surface area contributed by atoms with Crippen molar-refractivity contribution < 1.29 is 4.74 Å². The molecule has 0 atom stereocenters. The minimum absolute atomic E-state index is 0.591. The molecular weight excluding hydrogens is 274 g/mol. The van der Waals surface area contributed by atoms with Gasteiger partial charge in [-0.2, -0.15) is 5.26 Å². The number of ether oxygens (including phenoxy) is 1. The van der Waals surface area contributed by atoms with Crippen molar-refractivity contribution in [2.75, 3.05) is 7.11 Å². The van der Waals surface area contributed by atoms with E-state index in [0.29, 0.717) is 5.56 Å². The van der Waals surface area contributed by atoms with Crippen LogP contribution in [0.3, 0.4) is 0 Å². The third kappa shape index (κ3) is 2.79. The monoisotopic (exact) mass is 287 g/mol. The molecule has 2 heterocycles. The molecule has 1 aromatic carbocycles. The van der Waals surface area contributed by atoms with E-state index in [4.69, 9.17) is 10.00 Å². The summed E-state index contributed by atoms with van der Waals surface area (Å²) >= 11 is 0. The first-order valence-corrected chi connectivity index (χ1v) is 6.77. The maximum absolute atomic E-state index is 8.99. The Morgan fingerprint density at radius 1 is 0.864 bits per heavy atom. The number of pyridine rings is 2. The zero-order valence-corrected chi connectivity index (χ0v) is 12.0. The van der Waals surface area contributed by atoms with Gasteiger partial charge >= 0.3 is 0 Å². The van der Waals surface area contributed by atoms with Crippen LogP contribution in [0.1, 0.15) is 5.56 Å². The van der Waals surface area contributed by atoms with E-state index in [0.717, 1.165) is 28.3 Å². The van der Waals surface area contributed by atoms with Crippen LogP contribution in [0.25, 0.3) is 22.5 Å². The molecule has 106 valence electrons. The lowest BCUT2D eigenvalue weighted by molar-refractivity contribution is 0.415. The van der Waals surface area contributed by atoms with Crippen LogP contribution in [-0.2, 0) is 0 Å². The normalized spacial score (nSPS) is 10.0. The molecule has 0 saturated heterocycles. The number of hydrogen-bond donors (Lipinski definition) is 0. The van der Waals surface area contributed by atoms with Crippen LogP contribution in [-0.4, -0.2) is 17.1 Å². The Bertz CT molecular complexity index is 835. The Morgan fingerprint density at radius 3 is 2.23 bits per heavy atom. The van der Waals surface area contributed by atoms with E-state index in [9.17, 15) is 0 Å². The number of benzene rings is 1. The highest BCUT2D eigenvalue weighted by Gasteiger charge is 2.05. The molecule has 2 aromatic heterocycles. The first-order chi connectivity index (χ1) is 10.8. The SMILES string of the molecule is COc1ccc(-c2cc(-c3cc(C#N)ccn3)ccn2)cc1. The lowest BCUT2D eigenvalue weighted by atomic mass is 10.1. The Morgan fingerprint density at radius 2 is 1.55 bits per heavy atom. The third-order valence-electron chi connectivity index (χ3n) is 3.33. The summed E-state index contributed by atoms with van der Waals surface area (Å²) in [4.78, 5) is 8.72. The van der Waals surface area contributed by atoms with Gasteiger partial charge in [0.05, 0.1) is 30.1 Å². The maximum atomic E-state index is 8.99. The number of hydrogen-bond acceptors (Lipinski definition) is 4. The lowest BCUT2D eigenvalue weighted by Gasteiger charge is -2.06. The Hall–Kier alpha value is -3.19. The Labute approximate surface area is 128 Å². The molecule has 0 unspecified atom stereocenters. The van der Waals surface area contributed by atoms with E-state index in [2.05, 4.69) is 16.0 Å². The van der Waals surface area contributed by atoms with Crippen molar-refractivity contribution >= 4 is 0 Å². The maximum Gasteiger partial charge on any atom is 0.118 e. The van der Waals surface area contributed by atoms with E-state index < -0.39 is 0 Å². The molecule has 0 spiro atoms.